The van der Waals surface area contributed by atoms with Crippen LogP contribution in [0, 0.1) is 5.95 Å². The molecular formula is C13H11F3N2O. The Balaban J connectivity index is 2.04. The lowest BCUT2D eigenvalue weighted by Crippen LogP contribution is -2.07. The summed E-state index contributed by atoms with van der Waals surface area (Å²) in [6, 6.07) is 9.19. The van der Waals surface area contributed by atoms with Gasteiger partial charge in [-0.05, 0) is 18.2 Å². The Kier molecular flexibility index (Phi) is 4.22. The van der Waals surface area contributed by atoms with E-state index in [1.807, 2.05) is 0 Å². The molecule has 1 N–H and O–H groups in total. The molecule has 0 bridgehead atoms. The lowest BCUT2D eigenvalue weighted by Gasteiger charge is -2.11. The normalized spacial score (nSPS) is 10.5. The monoisotopic (exact) mass is 268 g/mol. The maximum Gasteiger partial charge on any atom is 0.387 e. The minimum Gasteiger partial charge on any atom is -0.434 e. The van der Waals surface area contributed by atoms with Crippen LogP contribution in [0.25, 0.3) is 0 Å². The highest BCUT2D eigenvalue weighted by molar-refractivity contribution is 5.43. The molecule has 0 amide bonds. The van der Waals surface area contributed by atoms with Crippen molar-refractivity contribution in [3.63, 3.8) is 0 Å². The maximum atomic E-state index is 12.6. The van der Waals surface area contributed by atoms with Crippen LogP contribution in [0.3, 0.4) is 0 Å². The molecule has 0 atom stereocenters. The summed E-state index contributed by atoms with van der Waals surface area (Å²) in [6.45, 7) is -2.59. The molecule has 1 aromatic carbocycles. The van der Waals surface area contributed by atoms with Gasteiger partial charge in [-0.1, -0.05) is 18.2 Å². The lowest BCUT2D eigenvalue weighted by molar-refractivity contribution is -0.0504. The fourth-order valence-electron chi connectivity index (χ4n) is 1.54. The van der Waals surface area contributed by atoms with Crippen LogP contribution in [0.1, 0.15) is 5.56 Å². The van der Waals surface area contributed by atoms with Crippen LogP contribution in [0.4, 0.5) is 18.9 Å². The van der Waals surface area contributed by atoms with Crippen molar-refractivity contribution in [1.29, 1.82) is 0 Å². The predicted octanol–water partition coefficient (Wildman–Crippen LogP) is 3.43. The molecule has 6 heteroatoms. The molecule has 3 nitrogen and oxygen atoms in total. The van der Waals surface area contributed by atoms with Gasteiger partial charge in [-0.2, -0.15) is 13.2 Å². The number of aromatic nitrogens is 1. The zero-order valence-electron chi connectivity index (χ0n) is 9.82. The van der Waals surface area contributed by atoms with Crippen molar-refractivity contribution in [1.82, 2.24) is 4.98 Å². The van der Waals surface area contributed by atoms with Crippen molar-refractivity contribution in [2.24, 2.45) is 0 Å². The molecule has 0 aliphatic rings. The van der Waals surface area contributed by atoms with E-state index >= 15 is 0 Å². The van der Waals surface area contributed by atoms with E-state index in [0.717, 1.165) is 0 Å². The number of nitrogens with zero attached hydrogens (tertiary/aromatic N) is 1. The van der Waals surface area contributed by atoms with Gasteiger partial charge in [0.2, 0.25) is 5.95 Å². The van der Waals surface area contributed by atoms with Crippen LogP contribution in [0.15, 0.2) is 42.6 Å². The van der Waals surface area contributed by atoms with Gasteiger partial charge < -0.3 is 10.1 Å². The van der Waals surface area contributed by atoms with Gasteiger partial charge in [-0.15, -0.1) is 0 Å². The zero-order valence-corrected chi connectivity index (χ0v) is 9.82. The third-order valence-electron chi connectivity index (χ3n) is 2.40. The molecule has 2 rings (SSSR count). The quantitative estimate of drug-likeness (QED) is 0.843. The Hall–Kier alpha value is -2.24. The van der Waals surface area contributed by atoms with Gasteiger partial charge in [0.15, 0.2) is 0 Å². The highest BCUT2D eigenvalue weighted by atomic mass is 19.3. The number of pyridine rings is 1. The minimum atomic E-state index is -2.87. The number of hydrogen-bond donors (Lipinski definition) is 1. The number of halogens is 3. The van der Waals surface area contributed by atoms with Gasteiger partial charge in [0, 0.05) is 12.1 Å². The van der Waals surface area contributed by atoms with Gasteiger partial charge in [0.05, 0.1) is 11.9 Å². The van der Waals surface area contributed by atoms with Crippen LogP contribution in [0.2, 0.25) is 0 Å². The fraction of sp³-hybridized carbons (Fsp3) is 0.154. The van der Waals surface area contributed by atoms with Crippen molar-refractivity contribution in [3.8, 4) is 5.75 Å². The first-order valence-corrected chi connectivity index (χ1v) is 5.53. The topological polar surface area (TPSA) is 34.1 Å². The largest absolute Gasteiger partial charge is 0.434 e. The average molecular weight is 268 g/mol. The maximum absolute atomic E-state index is 12.6. The number of hydrogen-bond acceptors (Lipinski definition) is 3. The van der Waals surface area contributed by atoms with Gasteiger partial charge in [0.1, 0.15) is 5.75 Å². The number of ether oxygens (including phenoxy) is 1. The Morgan fingerprint density at radius 3 is 2.63 bits per heavy atom. The Bertz CT molecular complexity index is 532. The molecule has 0 fully saturated rings. The Morgan fingerprint density at radius 2 is 1.95 bits per heavy atom. The molecule has 0 aliphatic carbocycles. The summed E-state index contributed by atoms with van der Waals surface area (Å²) in [5.74, 6) is -0.466. The van der Waals surface area contributed by atoms with E-state index < -0.39 is 12.6 Å². The summed E-state index contributed by atoms with van der Waals surface area (Å²) >= 11 is 0. The van der Waals surface area contributed by atoms with Gasteiger partial charge in [-0.3, -0.25) is 0 Å². The molecule has 0 unspecified atom stereocenters. The molecule has 2 aromatic rings. The van der Waals surface area contributed by atoms with Gasteiger partial charge in [0.25, 0.3) is 0 Å². The third-order valence-corrected chi connectivity index (χ3v) is 2.40. The molecule has 1 aromatic heterocycles. The number of nitrogens with one attached hydrogen (secondary N) is 1. The second kappa shape index (κ2) is 6.08. The summed E-state index contributed by atoms with van der Waals surface area (Å²) in [4.78, 5) is 3.48. The Labute approximate surface area is 108 Å². The SMILES string of the molecule is Fc1ccc(NCc2ccccc2OC(F)F)cn1. The summed E-state index contributed by atoms with van der Waals surface area (Å²) < 4.78 is 41.4. The van der Waals surface area contributed by atoms with Crippen molar-refractivity contribution < 1.29 is 17.9 Å². The van der Waals surface area contributed by atoms with Gasteiger partial charge in [-0.25, -0.2) is 4.98 Å². The van der Waals surface area contributed by atoms with Crippen LogP contribution in [0.5, 0.6) is 5.75 Å². The van der Waals surface area contributed by atoms with Crippen molar-refractivity contribution in [3.05, 3.63) is 54.1 Å². The molecular weight excluding hydrogens is 257 g/mol. The van der Waals surface area contributed by atoms with Crippen LogP contribution in [-0.2, 0) is 6.54 Å². The van der Waals surface area contributed by atoms with E-state index in [1.54, 1.807) is 18.2 Å². The van der Waals surface area contributed by atoms with E-state index in [4.69, 9.17) is 0 Å². The first-order valence-electron chi connectivity index (χ1n) is 5.53. The fourth-order valence-corrected chi connectivity index (χ4v) is 1.54. The zero-order chi connectivity index (χ0) is 13.7. The molecule has 0 radical (unpaired) electrons. The standard InChI is InChI=1S/C13H11F3N2O/c14-12-6-5-10(8-18-12)17-7-9-3-1-2-4-11(9)19-13(15)16/h1-6,8,13,17H,7H2. The van der Waals surface area contributed by atoms with Gasteiger partial charge >= 0.3 is 6.61 Å². The van der Waals surface area contributed by atoms with Crippen LogP contribution < -0.4 is 10.1 Å². The lowest BCUT2D eigenvalue weighted by atomic mass is 10.2. The molecule has 1 heterocycles. The molecule has 19 heavy (non-hydrogen) atoms. The first kappa shape index (κ1) is 13.2. The van der Waals surface area contributed by atoms with E-state index in [-0.39, 0.29) is 12.3 Å². The highest BCUT2D eigenvalue weighted by Crippen LogP contribution is 2.21. The van der Waals surface area contributed by atoms with E-state index in [1.165, 1.54) is 24.4 Å². The number of para-hydroxylation sites is 1. The summed E-state index contributed by atoms with van der Waals surface area (Å²) in [5.41, 5.74) is 1.17. The van der Waals surface area contributed by atoms with E-state index in [2.05, 4.69) is 15.0 Å². The molecule has 0 aliphatic heterocycles. The summed E-state index contributed by atoms with van der Waals surface area (Å²) in [6.07, 6.45) is 1.33. The predicted molar refractivity (Wildman–Crippen MR) is 64.6 cm³/mol. The molecule has 0 saturated carbocycles. The number of rotatable bonds is 5. The summed E-state index contributed by atoms with van der Waals surface area (Å²) in [5, 5.41) is 2.95. The van der Waals surface area contributed by atoms with E-state index in [0.29, 0.717) is 11.3 Å². The second-order valence-electron chi connectivity index (χ2n) is 3.71. The third kappa shape index (κ3) is 3.87. The number of anilines is 1. The number of benzene rings is 1. The number of alkyl halides is 2. The smallest absolute Gasteiger partial charge is 0.387 e. The van der Waals surface area contributed by atoms with Crippen LogP contribution in [-0.4, -0.2) is 11.6 Å². The van der Waals surface area contributed by atoms with Crippen molar-refractivity contribution in [2.75, 3.05) is 5.32 Å². The second-order valence-corrected chi connectivity index (χ2v) is 3.71. The summed E-state index contributed by atoms with van der Waals surface area (Å²) in [7, 11) is 0. The Morgan fingerprint density at radius 1 is 1.16 bits per heavy atom. The van der Waals surface area contributed by atoms with Crippen LogP contribution >= 0.6 is 0 Å². The molecule has 0 spiro atoms. The van der Waals surface area contributed by atoms with Crippen molar-refractivity contribution >= 4 is 5.69 Å². The minimum absolute atomic E-state index is 0.111. The molecule has 0 saturated heterocycles. The average Bonchev–Trinajstić information content (AvgIpc) is 2.39. The highest BCUT2D eigenvalue weighted by Gasteiger charge is 2.08. The first-order chi connectivity index (χ1) is 9.15. The van der Waals surface area contributed by atoms with E-state index in [9.17, 15) is 13.2 Å². The molecule has 100 valence electrons. The van der Waals surface area contributed by atoms with Crippen molar-refractivity contribution in [2.45, 2.75) is 13.2 Å².